The van der Waals surface area contributed by atoms with E-state index in [2.05, 4.69) is 415 Å². The van der Waals surface area contributed by atoms with Crippen LogP contribution < -0.4 is 72.6 Å². The van der Waals surface area contributed by atoms with E-state index in [4.69, 9.17) is 0 Å². The van der Waals surface area contributed by atoms with Gasteiger partial charge >= 0.3 is 0 Å². The van der Waals surface area contributed by atoms with Gasteiger partial charge in [-0.1, -0.05) is 328 Å². The molecule has 0 saturated heterocycles. The van der Waals surface area contributed by atoms with E-state index in [-0.39, 0.29) is 6.71 Å². The monoisotopic (exact) mass is 1260 g/mol. The quantitative estimate of drug-likeness (QED) is 0.0748. The summed E-state index contributed by atoms with van der Waals surface area (Å²) in [6.07, 6.45) is 0. The number of fused-ring (bicyclic) bond motifs is 4. The summed E-state index contributed by atoms with van der Waals surface area (Å²) in [6.45, 7) is -0.178. The first kappa shape index (κ1) is 58.1. The molecule has 0 aromatic heterocycles. The second-order valence-corrected chi connectivity index (χ2v) is 32.7. The summed E-state index contributed by atoms with van der Waals surface area (Å²) in [5.74, 6) is 0. The number of anilines is 9. The summed E-state index contributed by atoms with van der Waals surface area (Å²) in [6, 6.07) is 150. The largest absolute Gasteiger partial charge is 0.311 e. The van der Waals surface area contributed by atoms with Gasteiger partial charge in [0.25, 0.3) is 6.71 Å². The topological polar surface area (TPSA) is 9.72 Å². The normalized spacial score (nSPS) is 12.3. The first-order chi connectivity index (χ1) is 47.6. The van der Waals surface area contributed by atoms with Crippen LogP contribution in [-0.4, -0.2) is 22.9 Å². The van der Waals surface area contributed by atoms with Crippen LogP contribution in [0.2, 0.25) is 0 Å². The van der Waals surface area contributed by atoms with Crippen molar-refractivity contribution in [2.45, 2.75) is 0 Å². The molecule has 15 aromatic carbocycles. The molecule has 2 aliphatic heterocycles. The van der Waals surface area contributed by atoms with Crippen LogP contribution in [0.1, 0.15) is 0 Å². The number of rotatable bonds is 15. The lowest BCUT2D eigenvalue weighted by Crippen LogP contribution is -2.74. The Balaban J connectivity index is 1.00. The van der Waals surface area contributed by atoms with E-state index in [1.807, 2.05) is 0 Å². The van der Waals surface area contributed by atoms with Crippen LogP contribution in [0.3, 0.4) is 0 Å². The van der Waals surface area contributed by atoms with Gasteiger partial charge in [-0.15, -0.1) is 0 Å². The van der Waals surface area contributed by atoms with Crippen molar-refractivity contribution in [1.29, 1.82) is 0 Å². The van der Waals surface area contributed by atoms with Crippen LogP contribution in [0.4, 0.5) is 51.2 Å². The van der Waals surface area contributed by atoms with Crippen molar-refractivity contribution >= 4 is 132 Å². The molecule has 2 heterocycles. The molecular formula is C90H66BN3Si2. The molecule has 2 aliphatic rings. The zero-order valence-electron chi connectivity index (χ0n) is 53.0. The predicted octanol–water partition coefficient (Wildman–Crippen LogP) is 15.3. The number of hydrogen-bond acceptors (Lipinski definition) is 3. The third kappa shape index (κ3) is 9.88. The Bertz CT molecular complexity index is 4710. The molecule has 0 aliphatic carbocycles. The summed E-state index contributed by atoms with van der Waals surface area (Å²) < 4.78 is 0. The highest BCUT2D eigenvalue weighted by atomic mass is 28.3. The molecule has 0 unspecified atom stereocenters. The lowest BCUT2D eigenvalue weighted by atomic mass is 9.33. The van der Waals surface area contributed by atoms with Crippen LogP contribution in [-0.2, 0) is 0 Å². The Morgan fingerprint density at radius 2 is 0.490 bits per heavy atom. The summed E-state index contributed by atoms with van der Waals surface area (Å²) in [5.41, 5.74) is 18.2. The average Bonchev–Trinajstić information content (AvgIpc) is 0.696. The van der Waals surface area contributed by atoms with Crippen LogP contribution in [0.5, 0.6) is 0 Å². The summed E-state index contributed by atoms with van der Waals surface area (Å²) in [5, 5.41) is 10.6. The van der Waals surface area contributed by atoms with Crippen molar-refractivity contribution in [1.82, 2.24) is 0 Å². The summed E-state index contributed by atoms with van der Waals surface area (Å²) in [7, 11) is -6.10. The van der Waals surface area contributed by atoms with E-state index in [1.54, 1.807) is 0 Å². The van der Waals surface area contributed by atoms with Crippen LogP contribution in [0, 0.1) is 0 Å². The highest BCUT2D eigenvalue weighted by molar-refractivity contribution is 7.20. The number of para-hydroxylation sites is 2. The van der Waals surface area contributed by atoms with Crippen molar-refractivity contribution < 1.29 is 0 Å². The zero-order chi connectivity index (χ0) is 63.8. The minimum atomic E-state index is -3.05. The molecule has 0 radical (unpaired) electrons. The van der Waals surface area contributed by atoms with Gasteiger partial charge in [-0.2, -0.15) is 0 Å². The molecule has 17 rings (SSSR count). The molecule has 0 spiro atoms. The fourth-order valence-electron chi connectivity index (χ4n) is 15.8. The fraction of sp³-hybridized carbons (Fsp3) is 0. The lowest BCUT2D eigenvalue weighted by Gasteiger charge is -2.45. The fourth-order valence-corrected chi connectivity index (χ4v) is 25.3. The molecule has 452 valence electrons. The average molecular weight is 1260 g/mol. The Morgan fingerprint density at radius 3 is 0.802 bits per heavy atom. The SMILES string of the molecule is c1ccc(-c2ccc3c(c2)N(c2cccc([Si](c4ccccc4)(c4ccccc4)c4ccccc4)c2)c2cc(N(c4ccccc4)c4ccccc4)cc4c2B3c2ccc(-c3ccccc3)cc2N4c2cccc([Si](c3ccccc3)(c3ccccc3)c3ccccc3)c2)cc1. The van der Waals surface area contributed by atoms with Gasteiger partial charge in [-0.05, 0) is 153 Å². The zero-order valence-corrected chi connectivity index (χ0v) is 55.0. The van der Waals surface area contributed by atoms with Crippen molar-refractivity contribution in [3.8, 4) is 22.3 Å². The third-order valence-electron chi connectivity index (χ3n) is 19.9. The predicted molar refractivity (Wildman–Crippen MR) is 413 cm³/mol. The molecule has 0 saturated carbocycles. The molecule has 6 heteroatoms. The first-order valence-corrected chi connectivity index (χ1v) is 37.3. The van der Waals surface area contributed by atoms with Gasteiger partial charge in [-0.3, -0.25) is 0 Å². The molecule has 15 aromatic rings. The maximum absolute atomic E-state index is 3.05. The second kappa shape index (κ2) is 24.9. The van der Waals surface area contributed by atoms with Crippen molar-refractivity contribution in [2.24, 2.45) is 0 Å². The smallest absolute Gasteiger partial charge is 0.252 e. The Kier molecular flexibility index (Phi) is 15.1. The molecule has 0 fully saturated rings. The van der Waals surface area contributed by atoms with Crippen LogP contribution in [0.15, 0.2) is 400 Å². The van der Waals surface area contributed by atoms with Gasteiger partial charge in [0.2, 0.25) is 0 Å². The Morgan fingerprint density at radius 1 is 0.208 bits per heavy atom. The molecule has 3 nitrogen and oxygen atoms in total. The molecule has 0 amide bonds. The van der Waals surface area contributed by atoms with Crippen molar-refractivity contribution in [3.63, 3.8) is 0 Å². The first-order valence-electron chi connectivity index (χ1n) is 33.3. The number of benzene rings is 15. The Labute approximate surface area is 565 Å². The minimum Gasteiger partial charge on any atom is -0.311 e. The van der Waals surface area contributed by atoms with E-state index in [9.17, 15) is 0 Å². The summed E-state index contributed by atoms with van der Waals surface area (Å²) in [4.78, 5) is 7.72. The van der Waals surface area contributed by atoms with Gasteiger partial charge < -0.3 is 14.7 Å². The van der Waals surface area contributed by atoms with Gasteiger partial charge in [0.05, 0.1) is 5.69 Å². The molecule has 0 atom stereocenters. The minimum absolute atomic E-state index is 0.178. The van der Waals surface area contributed by atoms with Crippen molar-refractivity contribution in [2.75, 3.05) is 14.7 Å². The highest BCUT2D eigenvalue weighted by Gasteiger charge is 2.47. The second-order valence-electron chi connectivity index (χ2n) is 25.1. The molecule has 0 bridgehead atoms. The highest BCUT2D eigenvalue weighted by Crippen LogP contribution is 2.49. The number of hydrogen-bond donors (Lipinski definition) is 0. The van der Waals surface area contributed by atoms with Gasteiger partial charge in [0.15, 0.2) is 16.1 Å². The van der Waals surface area contributed by atoms with Gasteiger partial charge in [0.1, 0.15) is 0 Å². The number of nitrogens with zero attached hydrogens (tertiary/aromatic N) is 3. The lowest BCUT2D eigenvalue weighted by molar-refractivity contribution is 1.23. The third-order valence-corrected chi connectivity index (χ3v) is 29.4. The van der Waals surface area contributed by atoms with E-state index >= 15 is 0 Å². The Hall–Kier alpha value is -11.8. The summed E-state index contributed by atoms with van der Waals surface area (Å²) >= 11 is 0. The van der Waals surface area contributed by atoms with Crippen molar-refractivity contribution in [3.05, 3.63) is 400 Å². The molecule has 96 heavy (non-hydrogen) atoms. The van der Waals surface area contributed by atoms with E-state index in [0.717, 1.165) is 62.3 Å². The van der Waals surface area contributed by atoms with E-state index in [0.29, 0.717) is 0 Å². The van der Waals surface area contributed by atoms with E-state index < -0.39 is 16.1 Å². The van der Waals surface area contributed by atoms with Gasteiger partial charge in [-0.25, -0.2) is 0 Å². The van der Waals surface area contributed by atoms with E-state index in [1.165, 1.54) is 69.0 Å². The molecular weight excluding hydrogens is 1190 g/mol. The maximum Gasteiger partial charge on any atom is 0.252 e. The molecule has 0 N–H and O–H groups in total. The van der Waals surface area contributed by atoms with Crippen LogP contribution >= 0.6 is 0 Å². The van der Waals surface area contributed by atoms with Crippen LogP contribution in [0.25, 0.3) is 22.3 Å². The standard InChI is InChI=1S/C90H66BN3Si2/c1-11-33-67(34-12-1)69-57-59-84-86(61-69)93(73-41-31-55-82(63-73)95(76-43-19-5-20-44-76,77-45-21-6-22-46-77)78-47-23-7-24-48-78)88-65-75(92(71-37-15-3-16-38-71)72-39-17-4-18-40-72)66-89-90(88)91(84)85-60-58-70(68-35-13-2-14-36-68)62-87(85)94(89)74-42-32-56-83(64-74)96(79-49-25-8-26-50-79,80-51-27-9-28-52-80)81-53-29-10-30-54-81/h1-66H. The van der Waals surface area contributed by atoms with Gasteiger partial charge in [0, 0.05) is 45.5 Å². The maximum atomic E-state index is 2.63.